The van der Waals surface area contributed by atoms with Crippen LogP contribution in [0.3, 0.4) is 0 Å². The van der Waals surface area contributed by atoms with Gasteiger partial charge in [-0.05, 0) is 40.2 Å². The minimum Gasteiger partial charge on any atom is -0.459 e. The Hall–Kier alpha value is -2.00. The highest BCUT2D eigenvalue weighted by atomic mass is 16.7. The number of epoxide rings is 1. The van der Waals surface area contributed by atoms with E-state index in [1.54, 1.807) is 6.92 Å². The Morgan fingerprint density at radius 3 is 2.52 bits per heavy atom. The summed E-state index contributed by atoms with van der Waals surface area (Å²) < 4.78 is 28.1. The van der Waals surface area contributed by atoms with Crippen LogP contribution in [0.5, 0.6) is 0 Å². The van der Waals surface area contributed by atoms with Crippen LogP contribution in [0, 0.1) is 5.92 Å². The number of nitrogens with one attached hydrogen (secondary N) is 1. The van der Waals surface area contributed by atoms with Crippen LogP contribution in [0.15, 0.2) is 36.0 Å². The number of ether oxygens (including phenoxy) is 5. The van der Waals surface area contributed by atoms with Crippen LogP contribution < -0.4 is 5.32 Å². The zero-order valence-corrected chi connectivity index (χ0v) is 20.3. The van der Waals surface area contributed by atoms with E-state index in [1.165, 1.54) is 19.1 Å². The number of carbonyl (C=O) groups excluding carboxylic acids is 2. The standard InChI is InChI=1S/C25H37NO7/c1-17(7-10-21-12-25(16-31-25)15-24(4,5)33-21)6-9-20-13-29-23(30-14-20)26-22(28)11-8-18(2)32-19(3)27/h6-8,10-11,18,20-21,23H,9,12-16H2,1-5H3,(H,26,28)/b10-7+,11-8-,17-6+/t18-,20?,21+,23?,25+/m0/s1. The van der Waals surface area contributed by atoms with Crippen molar-refractivity contribution in [1.82, 2.24) is 5.32 Å². The molecule has 3 rings (SSSR count). The van der Waals surface area contributed by atoms with Gasteiger partial charge in [-0.25, -0.2) is 0 Å². The second-order valence-corrected chi connectivity index (χ2v) is 9.86. The molecule has 0 aliphatic carbocycles. The van der Waals surface area contributed by atoms with Crippen molar-refractivity contribution < 1.29 is 33.3 Å². The maximum Gasteiger partial charge on any atom is 0.303 e. The second-order valence-electron chi connectivity index (χ2n) is 9.86. The van der Waals surface area contributed by atoms with E-state index in [0.717, 1.165) is 31.4 Å². The molecule has 0 bridgehead atoms. The predicted octanol–water partition coefficient (Wildman–Crippen LogP) is 3.18. The molecule has 1 spiro atoms. The fraction of sp³-hybridized carbons (Fsp3) is 0.680. The molecule has 184 valence electrons. The molecular formula is C25H37NO7. The molecule has 3 aliphatic rings. The summed E-state index contributed by atoms with van der Waals surface area (Å²) in [5, 5.41) is 2.63. The second kappa shape index (κ2) is 11.0. The first-order valence-corrected chi connectivity index (χ1v) is 11.6. The molecule has 3 aliphatic heterocycles. The van der Waals surface area contributed by atoms with Crippen molar-refractivity contribution in [3.8, 4) is 0 Å². The van der Waals surface area contributed by atoms with E-state index in [9.17, 15) is 9.59 Å². The minimum atomic E-state index is -0.781. The fourth-order valence-corrected chi connectivity index (χ4v) is 4.27. The maximum atomic E-state index is 12.0. The third-order valence-corrected chi connectivity index (χ3v) is 5.79. The van der Waals surface area contributed by atoms with Gasteiger partial charge < -0.3 is 29.0 Å². The fourth-order valence-electron chi connectivity index (χ4n) is 4.27. The van der Waals surface area contributed by atoms with E-state index in [2.05, 4.69) is 44.3 Å². The lowest BCUT2D eigenvalue weighted by Crippen LogP contribution is -2.44. The molecule has 1 amide bonds. The van der Waals surface area contributed by atoms with Gasteiger partial charge in [-0.1, -0.05) is 23.8 Å². The Kier molecular flexibility index (Phi) is 8.50. The number of esters is 1. The molecule has 33 heavy (non-hydrogen) atoms. The predicted molar refractivity (Wildman–Crippen MR) is 122 cm³/mol. The third-order valence-electron chi connectivity index (χ3n) is 5.79. The summed E-state index contributed by atoms with van der Waals surface area (Å²) in [6.07, 6.45) is 10.7. The zero-order valence-electron chi connectivity index (χ0n) is 20.3. The van der Waals surface area contributed by atoms with Crippen molar-refractivity contribution in [2.75, 3.05) is 19.8 Å². The summed E-state index contributed by atoms with van der Waals surface area (Å²) in [5.41, 5.74) is 1.02. The number of hydrogen-bond donors (Lipinski definition) is 1. The largest absolute Gasteiger partial charge is 0.459 e. The normalized spacial score (nSPS) is 32.8. The highest BCUT2D eigenvalue weighted by Crippen LogP contribution is 2.46. The van der Waals surface area contributed by atoms with Crippen molar-refractivity contribution in [2.24, 2.45) is 5.92 Å². The van der Waals surface area contributed by atoms with Crippen molar-refractivity contribution in [3.63, 3.8) is 0 Å². The van der Waals surface area contributed by atoms with Gasteiger partial charge in [-0.3, -0.25) is 9.59 Å². The number of allylic oxidation sites excluding steroid dienone is 3. The van der Waals surface area contributed by atoms with E-state index in [4.69, 9.17) is 23.7 Å². The third kappa shape index (κ3) is 8.70. The minimum absolute atomic E-state index is 0.0213. The molecule has 3 heterocycles. The van der Waals surface area contributed by atoms with E-state index in [0.29, 0.717) is 13.2 Å². The van der Waals surface area contributed by atoms with E-state index in [-0.39, 0.29) is 29.1 Å². The summed E-state index contributed by atoms with van der Waals surface area (Å²) >= 11 is 0. The number of carbonyl (C=O) groups is 2. The highest BCUT2D eigenvalue weighted by molar-refractivity contribution is 5.87. The molecule has 0 unspecified atom stereocenters. The first-order valence-electron chi connectivity index (χ1n) is 11.6. The quantitative estimate of drug-likeness (QED) is 0.256. The number of amides is 1. The van der Waals surface area contributed by atoms with Crippen LogP contribution in [0.4, 0.5) is 0 Å². The summed E-state index contributed by atoms with van der Waals surface area (Å²) in [7, 11) is 0. The Morgan fingerprint density at radius 2 is 1.88 bits per heavy atom. The van der Waals surface area contributed by atoms with Gasteiger partial charge in [0.1, 0.15) is 6.10 Å². The molecule has 1 N–H and O–H groups in total. The molecule has 3 fully saturated rings. The summed E-state index contributed by atoms with van der Waals surface area (Å²) in [5.74, 6) is -0.552. The Bertz CT molecular complexity index is 783. The molecule has 0 aromatic rings. The lowest BCUT2D eigenvalue weighted by atomic mass is 9.85. The monoisotopic (exact) mass is 463 g/mol. The van der Waals surface area contributed by atoms with E-state index in [1.807, 2.05) is 0 Å². The van der Waals surface area contributed by atoms with Crippen molar-refractivity contribution in [1.29, 1.82) is 0 Å². The van der Waals surface area contributed by atoms with Crippen LogP contribution in [-0.2, 0) is 33.3 Å². The Morgan fingerprint density at radius 1 is 1.18 bits per heavy atom. The van der Waals surface area contributed by atoms with Gasteiger partial charge in [0, 0.05) is 31.8 Å². The molecule has 3 atom stereocenters. The van der Waals surface area contributed by atoms with Gasteiger partial charge in [0.05, 0.1) is 37.1 Å². The highest BCUT2D eigenvalue weighted by Gasteiger charge is 2.53. The van der Waals surface area contributed by atoms with Crippen LogP contribution >= 0.6 is 0 Å². The van der Waals surface area contributed by atoms with Gasteiger partial charge in [-0.2, -0.15) is 0 Å². The van der Waals surface area contributed by atoms with Crippen LogP contribution in [-0.4, -0.2) is 61.5 Å². The lowest BCUT2D eigenvalue weighted by Gasteiger charge is -2.38. The molecule has 0 aromatic heterocycles. The van der Waals surface area contributed by atoms with Crippen LogP contribution in [0.25, 0.3) is 0 Å². The molecular weight excluding hydrogens is 426 g/mol. The van der Waals surface area contributed by atoms with Crippen LogP contribution in [0.2, 0.25) is 0 Å². The summed E-state index contributed by atoms with van der Waals surface area (Å²) in [6.45, 7) is 11.1. The van der Waals surface area contributed by atoms with Gasteiger partial charge >= 0.3 is 5.97 Å². The first kappa shape index (κ1) is 25.6. The Labute approximate surface area is 196 Å². The average molecular weight is 464 g/mol. The molecule has 3 saturated heterocycles. The van der Waals surface area contributed by atoms with Gasteiger partial charge in [0.25, 0.3) is 0 Å². The molecule has 0 aromatic carbocycles. The van der Waals surface area contributed by atoms with Gasteiger partial charge in [-0.15, -0.1) is 0 Å². The molecule has 8 heteroatoms. The van der Waals surface area contributed by atoms with Crippen molar-refractivity contribution >= 4 is 11.9 Å². The van der Waals surface area contributed by atoms with Gasteiger partial charge in [0.15, 0.2) is 0 Å². The summed E-state index contributed by atoms with van der Waals surface area (Å²) in [4.78, 5) is 22.8. The van der Waals surface area contributed by atoms with Crippen LogP contribution in [0.1, 0.15) is 53.9 Å². The van der Waals surface area contributed by atoms with Crippen molar-refractivity contribution in [3.05, 3.63) is 36.0 Å². The smallest absolute Gasteiger partial charge is 0.303 e. The molecule has 0 saturated carbocycles. The molecule has 8 nitrogen and oxygen atoms in total. The Balaban J connectivity index is 1.36. The number of rotatable bonds is 8. The lowest BCUT2D eigenvalue weighted by molar-refractivity contribution is -0.213. The van der Waals surface area contributed by atoms with E-state index < -0.39 is 18.5 Å². The zero-order chi connectivity index (χ0) is 24.1. The number of hydrogen-bond acceptors (Lipinski definition) is 7. The molecule has 0 radical (unpaired) electrons. The van der Waals surface area contributed by atoms with Gasteiger partial charge in [0.2, 0.25) is 12.3 Å². The first-order chi connectivity index (χ1) is 15.5. The van der Waals surface area contributed by atoms with E-state index >= 15 is 0 Å². The maximum absolute atomic E-state index is 12.0. The topological polar surface area (TPSA) is 95.6 Å². The van der Waals surface area contributed by atoms with Crippen molar-refractivity contribution in [2.45, 2.75) is 83.7 Å². The summed E-state index contributed by atoms with van der Waals surface area (Å²) in [6, 6.07) is 0. The average Bonchev–Trinajstić information content (AvgIpc) is 3.46. The SMILES string of the molecule is CC(=O)O[C@@H](C)/C=C\C(=O)NC1OCC(C/C=C(C)/C=C/[C@@H]2C[C@]3(CO3)CC(C)(C)O2)CO1.